The number of carbonyl (C=O) groups is 1. The summed E-state index contributed by atoms with van der Waals surface area (Å²) in [5.74, 6) is 0.996. The number of pyridine rings is 1. The van der Waals surface area contributed by atoms with Crippen LogP contribution in [0.15, 0.2) is 36.7 Å². The number of fused-ring (bicyclic) bond motifs is 1. The zero-order valence-electron chi connectivity index (χ0n) is 18.8. The molecule has 1 aromatic heterocycles. The van der Waals surface area contributed by atoms with Crippen LogP contribution in [0.3, 0.4) is 0 Å². The van der Waals surface area contributed by atoms with Gasteiger partial charge in [-0.15, -0.1) is 0 Å². The number of nitrogens with one attached hydrogen (secondary N) is 1. The summed E-state index contributed by atoms with van der Waals surface area (Å²) in [5.41, 5.74) is 5.51. The first kappa shape index (κ1) is 22.1. The van der Waals surface area contributed by atoms with Crippen LogP contribution in [0.1, 0.15) is 68.4 Å². The number of ether oxygens (including phenoxy) is 1. The molecule has 2 aromatic rings. The van der Waals surface area contributed by atoms with Gasteiger partial charge in [0.25, 0.3) is 0 Å². The summed E-state index contributed by atoms with van der Waals surface area (Å²) in [7, 11) is 3.61. The molecule has 1 saturated carbocycles. The molecule has 4 rings (SSSR count). The number of aromatic nitrogens is 1. The zero-order chi connectivity index (χ0) is 21.5. The molecule has 0 unspecified atom stereocenters. The Labute approximate surface area is 182 Å². The SMILES string of the molecule is CC.COC(=O)c1ccncc1NC[C@@H]1CCCc2cc(N(C)CC3CC3)ccc21.[HH]. The molecule has 164 valence electrons. The Morgan fingerprint density at radius 1 is 1.27 bits per heavy atom. The second-order valence-corrected chi connectivity index (χ2v) is 8.09. The van der Waals surface area contributed by atoms with Gasteiger partial charge in [-0.2, -0.15) is 0 Å². The molecule has 0 spiro atoms. The molecular weight excluding hydrogens is 374 g/mol. The van der Waals surface area contributed by atoms with Crippen molar-refractivity contribution in [3.05, 3.63) is 53.3 Å². The highest BCUT2D eigenvalue weighted by Gasteiger charge is 2.25. The summed E-state index contributed by atoms with van der Waals surface area (Å²) in [6.45, 7) is 5.96. The van der Waals surface area contributed by atoms with Gasteiger partial charge in [-0.3, -0.25) is 4.98 Å². The molecule has 30 heavy (non-hydrogen) atoms. The number of aryl methyl sites for hydroxylation is 1. The van der Waals surface area contributed by atoms with E-state index in [1.165, 1.54) is 49.7 Å². The maximum Gasteiger partial charge on any atom is 0.340 e. The molecule has 1 heterocycles. The molecular formula is C25H37N3O2. The minimum atomic E-state index is -0.336. The van der Waals surface area contributed by atoms with Gasteiger partial charge in [-0.05, 0) is 67.3 Å². The maximum atomic E-state index is 12.0. The van der Waals surface area contributed by atoms with Crippen LogP contribution in [0.25, 0.3) is 0 Å². The molecule has 2 aliphatic carbocycles. The van der Waals surface area contributed by atoms with E-state index in [9.17, 15) is 4.79 Å². The summed E-state index contributed by atoms with van der Waals surface area (Å²) >= 11 is 0. The van der Waals surface area contributed by atoms with Gasteiger partial charge >= 0.3 is 5.97 Å². The molecule has 1 fully saturated rings. The molecule has 1 N–H and O–H groups in total. The molecule has 5 nitrogen and oxygen atoms in total. The van der Waals surface area contributed by atoms with Crippen LogP contribution >= 0.6 is 0 Å². The third kappa shape index (κ3) is 5.32. The van der Waals surface area contributed by atoms with Crippen molar-refractivity contribution < 1.29 is 11.0 Å². The van der Waals surface area contributed by atoms with Gasteiger partial charge < -0.3 is 15.0 Å². The summed E-state index contributed by atoms with van der Waals surface area (Å²) in [6, 6.07) is 8.66. The number of methoxy groups -OCH3 is 1. The van der Waals surface area contributed by atoms with Crippen LogP contribution in [-0.2, 0) is 11.2 Å². The van der Waals surface area contributed by atoms with E-state index in [2.05, 4.69) is 40.4 Å². The van der Waals surface area contributed by atoms with E-state index in [-0.39, 0.29) is 7.40 Å². The first-order chi connectivity index (χ1) is 14.7. The number of esters is 1. The monoisotopic (exact) mass is 411 g/mol. The Kier molecular flexibility index (Phi) is 7.72. The molecule has 2 aliphatic rings. The predicted octanol–water partition coefficient (Wildman–Crippen LogP) is 5.52. The van der Waals surface area contributed by atoms with Crippen molar-refractivity contribution in [3.63, 3.8) is 0 Å². The van der Waals surface area contributed by atoms with Gasteiger partial charge in [0.15, 0.2) is 0 Å². The predicted molar refractivity (Wildman–Crippen MR) is 126 cm³/mol. The lowest BCUT2D eigenvalue weighted by Gasteiger charge is -2.28. The van der Waals surface area contributed by atoms with Crippen LogP contribution in [0.5, 0.6) is 0 Å². The first-order valence-electron chi connectivity index (χ1n) is 11.3. The number of rotatable bonds is 7. The van der Waals surface area contributed by atoms with Crippen LogP contribution in [0, 0.1) is 5.92 Å². The molecule has 0 saturated heterocycles. The lowest BCUT2D eigenvalue weighted by Crippen LogP contribution is -2.22. The van der Waals surface area contributed by atoms with Crippen molar-refractivity contribution in [2.24, 2.45) is 5.92 Å². The van der Waals surface area contributed by atoms with Crippen molar-refractivity contribution >= 4 is 17.3 Å². The summed E-state index contributed by atoms with van der Waals surface area (Å²) < 4.78 is 4.88. The lowest BCUT2D eigenvalue weighted by atomic mass is 9.82. The third-order valence-electron chi connectivity index (χ3n) is 6.00. The van der Waals surface area contributed by atoms with E-state index in [4.69, 9.17) is 4.74 Å². The fourth-order valence-corrected chi connectivity index (χ4v) is 4.20. The number of anilines is 2. The first-order valence-corrected chi connectivity index (χ1v) is 11.3. The standard InChI is InChI=1S/C23H29N3O2.C2H6.H2/c1-26(15-16-6-7-16)19-8-9-20-17(12-19)4-3-5-18(20)13-25-22-14-24-11-10-21(22)23(27)28-2;1-2;/h8-12,14,16,18,25H,3-7,13,15H2,1-2H3;1-2H3;1H/t18-;;/m0../s1. The van der Waals surface area contributed by atoms with Gasteiger partial charge in [-0.1, -0.05) is 19.9 Å². The smallest absolute Gasteiger partial charge is 0.340 e. The van der Waals surface area contributed by atoms with E-state index in [1.807, 2.05) is 13.8 Å². The van der Waals surface area contributed by atoms with Gasteiger partial charge in [0.1, 0.15) is 0 Å². The number of carbonyl (C=O) groups excluding carboxylic acids is 1. The highest BCUT2D eigenvalue weighted by atomic mass is 16.5. The molecule has 1 aromatic carbocycles. The van der Waals surface area contributed by atoms with Crippen molar-refractivity contribution in [3.8, 4) is 0 Å². The minimum Gasteiger partial charge on any atom is -0.465 e. The topological polar surface area (TPSA) is 54.5 Å². The van der Waals surface area contributed by atoms with Crippen molar-refractivity contribution in [1.82, 2.24) is 4.98 Å². The molecule has 0 aliphatic heterocycles. The van der Waals surface area contributed by atoms with E-state index >= 15 is 0 Å². The molecule has 0 radical (unpaired) electrons. The van der Waals surface area contributed by atoms with Crippen molar-refractivity contribution in [1.29, 1.82) is 0 Å². The molecule has 5 heteroatoms. The third-order valence-corrected chi connectivity index (χ3v) is 6.00. The Morgan fingerprint density at radius 3 is 2.80 bits per heavy atom. The van der Waals surface area contributed by atoms with Gasteiger partial charge in [0.2, 0.25) is 0 Å². The van der Waals surface area contributed by atoms with Gasteiger partial charge in [-0.25, -0.2) is 4.79 Å². The highest BCUT2D eigenvalue weighted by molar-refractivity contribution is 5.95. The zero-order valence-corrected chi connectivity index (χ0v) is 18.8. The molecule has 1 atom stereocenters. The summed E-state index contributed by atoms with van der Waals surface area (Å²) in [5, 5.41) is 3.44. The fourth-order valence-electron chi connectivity index (χ4n) is 4.20. The van der Waals surface area contributed by atoms with E-state index < -0.39 is 0 Å². The Hall–Kier alpha value is -2.56. The number of nitrogens with zero attached hydrogens (tertiary/aromatic N) is 2. The number of hydrogen-bond donors (Lipinski definition) is 1. The van der Waals surface area contributed by atoms with Crippen LogP contribution in [0.2, 0.25) is 0 Å². The number of benzene rings is 1. The van der Waals surface area contributed by atoms with Crippen molar-refractivity contribution in [2.75, 3.05) is 37.5 Å². The van der Waals surface area contributed by atoms with Crippen LogP contribution in [0.4, 0.5) is 11.4 Å². The average molecular weight is 412 g/mol. The molecule has 0 bridgehead atoms. The van der Waals surface area contributed by atoms with Crippen molar-refractivity contribution in [2.45, 2.75) is 51.9 Å². The molecule has 0 amide bonds. The van der Waals surface area contributed by atoms with Crippen LogP contribution in [-0.4, -0.2) is 38.2 Å². The second-order valence-electron chi connectivity index (χ2n) is 8.09. The van der Waals surface area contributed by atoms with E-state index in [0.29, 0.717) is 11.5 Å². The maximum absolute atomic E-state index is 12.0. The fraction of sp³-hybridized carbons (Fsp3) is 0.520. The summed E-state index contributed by atoms with van der Waals surface area (Å²) in [4.78, 5) is 18.5. The highest BCUT2D eigenvalue weighted by Crippen LogP contribution is 2.36. The Morgan fingerprint density at radius 2 is 2.07 bits per heavy atom. The van der Waals surface area contributed by atoms with E-state index in [1.54, 1.807) is 18.5 Å². The summed E-state index contributed by atoms with van der Waals surface area (Å²) in [6.07, 6.45) is 9.59. The average Bonchev–Trinajstić information content (AvgIpc) is 3.62. The largest absolute Gasteiger partial charge is 0.465 e. The van der Waals surface area contributed by atoms with Gasteiger partial charge in [0, 0.05) is 39.4 Å². The second kappa shape index (κ2) is 10.5. The van der Waals surface area contributed by atoms with E-state index in [0.717, 1.165) is 31.0 Å². The number of hydrogen-bond acceptors (Lipinski definition) is 5. The van der Waals surface area contributed by atoms with Gasteiger partial charge in [0.05, 0.1) is 24.6 Å². The quantitative estimate of drug-likeness (QED) is 0.608. The Balaban J connectivity index is 0.00000111. The lowest BCUT2D eigenvalue weighted by molar-refractivity contribution is 0.0601. The van der Waals surface area contributed by atoms with Crippen LogP contribution < -0.4 is 10.2 Å². The Bertz CT molecular complexity index is 854. The minimum absolute atomic E-state index is 0. The normalized spacial score (nSPS) is 17.3.